The summed E-state index contributed by atoms with van der Waals surface area (Å²) in [5.41, 5.74) is 3.27. The summed E-state index contributed by atoms with van der Waals surface area (Å²) in [5, 5.41) is 1.99. The molecule has 1 saturated heterocycles. The number of nitrogens with zero attached hydrogens (tertiary/aromatic N) is 1. The monoisotopic (exact) mass is 407 g/mol. The molecular formula is C20H25NO4S2. The van der Waals surface area contributed by atoms with Gasteiger partial charge in [0.05, 0.1) is 18.1 Å². The molecule has 0 spiro atoms. The van der Waals surface area contributed by atoms with Gasteiger partial charge in [-0.3, -0.25) is 4.79 Å². The van der Waals surface area contributed by atoms with Crippen LogP contribution in [0.15, 0.2) is 29.6 Å². The number of thiophene rings is 1. The van der Waals surface area contributed by atoms with Gasteiger partial charge in [-0.25, -0.2) is 8.42 Å². The lowest BCUT2D eigenvalue weighted by molar-refractivity contribution is -0.135. The molecule has 0 saturated carbocycles. The van der Waals surface area contributed by atoms with Crippen molar-refractivity contribution >= 4 is 27.1 Å². The predicted molar refractivity (Wildman–Crippen MR) is 108 cm³/mol. The molecule has 3 rings (SSSR count). The van der Waals surface area contributed by atoms with Gasteiger partial charge in [0.25, 0.3) is 5.91 Å². The van der Waals surface area contributed by atoms with E-state index in [1.165, 1.54) is 0 Å². The first-order valence-electron chi connectivity index (χ1n) is 8.97. The van der Waals surface area contributed by atoms with Gasteiger partial charge in [0.1, 0.15) is 5.75 Å². The van der Waals surface area contributed by atoms with E-state index < -0.39 is 9.84 Å². The van der Waals surface area contributed by atoms with Gasteiger partial charge in [-0.2, -0.15) is 0 Å². The van der Waals surface area contributed by atoms with Gasteiger partial charge >= 0.3 is 0 Å². The Morgan fingerprint density at radius 3 is 2.48 bits per heavy atom. The van der Waals surface area contributed by atoms with Crippen molar-refractivity contribution in [3.63, 3.8) is 0 Å². The third-order valence-corrected chi connectivity index (χ3v) is 7.57. The molecule has 1 amide bonds. The summed E-state index contributed by atoms with van der Waals surface area (Å²) in [6.07, 6.45) is 0.488. The third-order valence-electron chi connectivity index (χ3n) is 4.81. The SMILES string of the molecule is Cc1cc(C)cc(OCC(=O)N(Cc2sccc2C)C2CCS(=O)(=O)C2)c1. The lowest BCUT2D eigenvalue weighted by Gasteiger charge is -2.28. The van der Waals surface area contributed by atoms with Crippen LogP contribution in [0.2, 0.25) is 0 Å². The van der Waals surface area contributed by atoms with E-state index in [0.717, 1.165) is 21.6 Å². The fourth-order valence-corrected chi connectivity index (χ4v) is 6.04. The van der Waals surface area contributed by atoms with Crippen LogP contribution in [0, 0.1) is 20.8 Å². The van der Waals surface area contributed by atoms with Crippen molar-refractivity contribution in [2.75, 3.05) is 18.1 Å². The Kier molecular flexibility index (Phi) is 5.91. The molecule has 7 heteroatoms. The van der Waals surface area contributed by atoms with Crippen molar-refractivity contribution in [1.82, 2.24) is 4.90 Å². The quantitative estimate of drug-likeness (QED) is 0.737. The van der Waals surface area contributed by atoms with Crippen molar-refractivity contribution in [2.45, 2.75) is 39.8 Å². The minimum absolute atomic E-state index is 0.0344. The van der Waals surface area contributed by atoms with Crippen molar-refractivity contribution in [2.24, 2.45) is 0 Å². The minimum atomic E-state index is -3.07. The smallest absolute Gasteiger partial charge is 0.261 e. The van der Waals surface area contributed by atoms with Crippen LogP contribution < -0.4 is 4.74 Å². The van der Waals surface area contributed by atoms with Crippen LogP contribution in [0.5, 0.6) is 5.75 Å². The number of amides is 1. The van der Waals surface area contributed by atoms with Crippen molar-refractivity contribution in [3.05, 3.63) is 51.2 Å². The molecule has 1 fully saturated rings. The molecule has 1 aromatic heterocycles. The average molecular weight is 408 g/mol. The molecular weight excluding hydrogens is 382 g/mol. The van der Waals surface area contributed by atoms with Crippen LogP contribution in [0.4, 0.5) is 0 Å². The number of rotatable bonds is 6. The number of carbonyl (C=O) groups excluding carboxylic acids is 1. The fraction of sp³-hybridized carbons (Fsp3) is 0.450. The molecule has 1 aromatic carbocycles. The summed E-state index contributed by atoms with van der Waals surface area (Å²) in [5.74, 6) is 0.659. The number of benzene rings is 1. The van der Waals surface area contributed by atoms with E-state index in [2.05, 4.69) is 0 Å². The van der Waals surface area contributed by atoms with Gasteiger partial charge in [0.15, 0.2) is 16.4 Å². The van der Waals surface area contributed by atoms with Crippen molar-refractivity contribution < 1.29 is 17.9 Å². The number of sulfone groups is 1. The lowest BCUT2D eigenvalue weighted by atomic mass is 10.1. The molecule has 146 valence electrons. The molecule has 27 heavy (non-hydrogen) atoms. The van der Waals surface area contributed by atoms with Crippen LogP contribution in [0.25, 0.3) is 0 Å². The molecule has 0 N–H and O–H groups in total. The number of ether oxygens (including phenoxy) is 1. The maximum absolute atomic E-state index is 12.9. The van der Waals surface area contributed by atoms with Crippen LogP contribution in [-0.2, 0) is 21.2 Å². The Morgan fingerprint density at radius 1 is 1.22 bits per heavy atom. The van der Waals surface area contributed by atoms with Crippen LogP contribution in [0.1, 0.15) is 28.0 Å². The van der Waals surface area contributed by atoms with E-state index in [4.69, 9.17) is 4.74 Å². The number of hydrogen-bond acceptors (Lipinski definition) is 5. The molecule has 1 aliphatic rings. The molecule has 5 nitrogen and oxygen atoms in total. The zero-order valence-corrected chi connectivity index (χ0v) is 17.5. The van der Waals surface area contributed by atoms with E-state index in [1.54, 1.807) is 16.2 Å². The standard InChI is InChI=1S/C20H25NO4S2/c1-14-8-15(2)10-18(9-14)25-12-20(22)21(11-19-16(3)4-6-26-19)17-5-7-27(23,24)13-17/h4,6,8-10,17H,5,7,11-13H2,1-3H3. The second-order valence-corrected chi connectivity index (χ2v) is 10.4. The highest BCUT2D eigenvalue weighted by molar-refractivity contribution is 7.91. The summed E-state index contributed by atoms with van der Waals surface area (Å²) >= 11 is 1.59. The predicted octanol–water partition coefficient (Wildman–Crippen LogP) is 3.27. The molecule has 1 aliphatic heterocycles. The molecule has 2 aromatic rings. The first-order valence-corrected chi connectivity index (χ1v) is 11.7. The Bertz CT molecular complexity index is 913. The van der Waals surface area contributed by atoms with E-state index in [0.29, 0.717) is 18.7 Å². The lowest BCUT2D eigenvalue weighted by Crippen LogP contribution is -2.43. The topological polar surface area (TPSA) is 63.7 Å². The summed E-state index contributed by atoms with van der Waals surface area (Å²) in [6.45, 7) is 6.31. The van der Waals surface area contributed by atoms with Crippen molar-refractivity contribution in [3.8, 4) is 5.75 Å². The largest absolute Gasteiger partial charge is 0.484 e. The molecule has 0 radical (unpaired) electrons. The van der Waals surface area contributed by atoms with Gasteiger partial charge in [0.2, 0.25) is 0 Å². The van der Waals surface area contributed by atoms with Gasteiger partial charge in [-0.1, -0.05) is 6.07 Å². The summed E-state index contributed by atoms with van der Waals surface area (Å²) in [4.78, 5) is 15.7. The first kappa shape index (κ1) is 19.9. The summed E-state index contributed by atoms with van der Waals surface area (Å²) < 4.78 is 29.6. The molecule has 0 bridgehead atoms. The van der Waals surface area contributed by atoms with Gasteiger partial charge < -0.3 is 9.64 Å². The van der Waals surface area contributed by atoms with Crippen molar-refractivity contribution in [1.29, 1.82) is 0 Å². The van der Waals surface area contributed by atoms with Gasteiger partial charge in [0, 0.05) is 10.9 Å². The molecule has 1 unspecified atom stereocenters. The second-order valence-electron chi connectivity index (χ2n) is 7.22. The van der Waals surface area contributed by atoms with Gasteiger partial charge in [-0.05, 0) is 67.5 Å². The highest BCUT2D eigenvalue weighted by Gasteiger charge is 2.35. The Labute approximate surface area is 164 Å². The van der Waals surface area contributed by atoms with E-state index in [9.17, 15) is 13.2 Å². The van der Waals surface area contributed by atoms with E-state index >= 15 is 0 Å². The second kappa shape index (κ2) is 8.02. The van der Waals surface area contributed by atoms with E-state index in [-0.39, 0.29) is 30.1 Å². The molecule has 1 atom stereocenters. The Hall–Kier alpha value is -1.86. The fourth-order valence-electron chi connectivity index (χ4n) is 3.41. The average Bonchev–Trinajstić information content (AvgIpc) is 3.14. The number of aryl methyl sites for hydroxylation is 3. The third kappa shape index (κ3) is 5.11. The number of hydrogen-bond donors (Lipinski definition) is 0. The van der Waals surface area contributed by atoms with E-state index in [1.807, 2.05) is 50.4 Å². The number of carbonyl (C=O) groups is 1. The maximum Gasteiger partial charge on any atom is 0.261 e. The summed E-state index contributed by atoms with van der Waals surface area (Å²) in [7, 11) is -3.07. The van der Waals surface area contributed by atoms with Crippen LogP contribution in [0.3, 0.4) is 0 Å². The maximum atomic E-state index is 12.9. The molecule has 2 heterocycles. The van der Waals surface area contributed by atoms with Gasteiger partial charge in [-0.15, -0.1) is 11.3 Å². The van der Waals surface area contributed by atoms with Crippen LogP contribution >= 0.6 is 11.3 Å². The zero-order chi connectivity index (χ0) is 19.6. The Morgan fingerprint density at radius 2 is 1.93 bits per heavy atom. The molecule has 0 aliphatic carbocycles. The van der Waals surface area contributed by atoms with Crippen LogP contribution in [-0.4, -0.2) is 43.4 Å². The summed E-state index contributed by atoms with van der Waals surface area (Å²) in [6, 6.07) is 7.57. The normalized spacial score (nSPS) is 18.4. The highest BCUT2D eigenvalue weighted by atomic mass is 32.2. The zero-order valence-electron chi connectivity index (χ0n) is 15.9. The highest BCUT2D eigenvalue weighted by Crippen LogP contribution is 2.24. The first-order chi connectivity index (χ1) is 12.7. The Balaban J connectivity index is 1.74. The minimum Gasteiger partial charge on any atom is -0.484 e.